The van der Waals surface area contributed by atoms with Gasteiger partial charge in [-0.15, -0.1) is 0 Å². The molecule has 0 amide bonds. The van der Waals surface area contributed by atoms with Crippen molar-refractivity contribution in [3.8, 4) is 0 Å². The van der Waals surface area contributed by atoms with Crippen LogP contribution in [0.5, 0.6) is 0 Å². The molecule has 0 bridgehead atoms. The van der Waals surface area contributed by atoms with E-state index in [9.17, 15) is 4.79 Å². The largest absolute Gasteiger partial charge is 1.00 e. The number of rotatable bonds is 12. The van der Waals surface area contributed by atoms with Crippen molar-refractivity contribution in [2.45, 2.75) is 142 Å². The van der Waals surface area contributed by atoms with E-state index >= 15 is 0 Å². The van der Waals surface area contributed by atoms with Gasteiger partial charge in [-0.05, 0) is 153 Å². The van der Waals surface area contributed by atoms with Crippen molar-refractivity contribution in [1.82, 2.24) is 0 Å². The molecule has 0 heterocycles. The van der Waals surface area contributed by atoms with Crippen LogP contribution >= 0.6 is 7.26 Å². The minimum atomic E-state index is -1.78. The highest BCUT2D eigenvalue weighted by Crippen LogP contribution is 2.64. The standard InChI is InChI=1S/C20H20OP.C18H30O.C16H26O.ClH/c1-21-17-22(18-11-5-2-6-12-18,19-13-7-3-8-14-19)20-15-9-4-10-16-20;1-3-4-14-5-7-16(8-6-14)17-11-18(12-17)9-15(10-18)13-19-2;1-2-3-12-4-6-13(7-5-12)14-8-16(9-14)10-15(17)11-16;/h2-16H,17H2,1H3;13-14,16-17H,3-12H2,1-2H3;12-14H,2-11H2,1H3;1H/q+1;;;/p-1. The fourth-order valence-electron chi connectivity index (χ4n) is 12.9. The summed E-state index contributed by atoms with van der Waals surface area (Å²) in [6.07, 6.45) is 30.8. The van der Waals surface area contributed by atoms with E-state index in [1.54, 1.807) is 19.8 Å². The van der Waals surface area contributed by atoms with Crippen LogP contribution in [0.4, 0.5) is 0 Å². The quantitative estimate of drug-likeness (QED) is 0.135. The lowest BCUT2D eigenvalue weighted by Crippen LogP contribution is -3.00. The number of benzene rings is 3. The van der Waals surface area contributed by atoms with E-state index in [-0.39, 0.29) is 12.4 Å². The van der Waals surface area contributed by atoms with E-state index in [1.165, 1.54) is 131 Å². The van der Waals surface area contributed by atoms with E-state index in [4.69, 9.17) is 9.47 Å². The zero-order valence-electron chi connectivity index (χ0n) is 37.1. The maximum Gasteiger partial charge on any atom is 0.170 e. The highest BCUT2D eigenvalue weighted by atomic mass is 35.5. The number of ether oxygens (including phenoxy) is 2. The molecule has 6 saturated carbocycles. The summed E-state index contributed by atoms with van der Waals surface area (Å²) in [6.45, 7) is 4.65. The summed E-state index contributed by atoms with van der Waals surface area (Å²) in [4.78, 5) is 11.1. The molecule has 6 aliphatic carbocycles. The van der Waals surface area contributed by atoms with Crippen LogP contribution in [0.15, 0.2) is 103 Å². The second-order valence-electron chi connectivity index (χ2n) is 20.0. The summed E-state index contributed by atoms with van der Waals surface area (Å²) in [5.74, 6) is 6.79. The van der Waals surface area contributed by atoms with Gasteiger partial charge in [0.2, 0.25) is 0 Å². The average molecular weight is 840 g/mol. The van der Waals surface area contributed by atoms with E-state index in [0.29, 0.717) is 17.5 Å². The summed E-state index contributed by atoms with van der Waals surface area (Å²) in [6, 6.07) is 32.3. The molecule has 0 atom stereocenters. The minimum Gasteiger partial charge on any atom is -1.00 e. The summed E-state index contributed by atoms with van der Waals surface area (Å²) < 4.78 is 10.8. The van der Waals surface area contributed by atoms with Gasteiger partial charge in [0.25, 0.3) is 0 Å². The van der Waals surface area contributed by atoms with Crippen LogP contribution in [0.25, 0.3) is 0 Å². The number of hydrogen-bond acceptors (Lipinski definition) is 3. The van der Waals surface area contributed by atoms with Crippen LogP contribution < -0.4 is 28.3 Å². The van der Waals surface area contributed by atoms with Gasteiger partial charge in [0.05, 0.1) is 13.4 Å². The number of carbonyl (C=O) groups is 1. The molecule has 3 nitrogen and oxygen atoms in total. The van der Waals surface area contributed by atoms with Gasteiger partial charge in [-0.25, -0.2) is 0 Å². The lowest BCUT2D eigenvalue weighted by molar-refractivity contribution is -0.145. The normalized spacial score (nSPS) is 28.2. The maximum atomic E-state index is 11.1. The molecule has 9 rings (SSSR count). The molecule has 2 spiro atoms. The topological polar surface area (TPSA) is 35.5 Å². The van der Waals surface area contributed by atoms with Crippen molar-refractivity contribution in [3.05, 3.63) is 103 Å². The van der Waals surface area contributed by atoms with Gasteiger partial charge in [0.15, 0.2) is 6.35 Å². The van der Waals surface area contributed by atoms with Gasteiger partial charge >= 0.3 is 0 Å². The Balaban J connectivity index is 0.000000149. The van der Waals surface area contributed by atoms with Crippen LogP contribution in [-0.4, -0.2) is 26.4 Å². The molecule has 0 saturated heterocycles. The Morgan fingerprint density at radius 3 is 1.25 bits per heavy atom. The summed E-state index contributed by atoms with van der Waals surface area (Å²) in [7, 11) is 1.79. The lowest BCUT2D eigenvalue weighted by atomic mass is 9.47. The average Bonchev–Trinajstić information content (AvgIpc) is 3.21. The molecule has 5 heteroatoms. The van der Waals surface area contributed by atoms with Crippen LogP contribution in [0.3, 0.4) is 0 Å². The highest BCUT2D eigenvalue weighted by molar-refractivity contribution is 7.95. The fourth-order valence-corrected chi connectivity index (χ4v) is 16.7. The van der Waals surface area contributed by atoms with Gasteiger partial charge in [-0.2, -0.15) is 0 Å². The minimum absolute atomic E-state index is 0. The molecule has 6 aliphatic rings. The Bertz CT molecular complexity index is 1600. The van der Waals surface area contributed by atoms with Crippen molar-refractivity contribution < 1.29 is 26.7 Å². The number of halogens is 1. The van der Waals surface area contributed by atoms with Gasteiger partial charge in [-0.1, -0.05) is 120 Å². The molecule has 3 aromatic rings. The molecule has 322 valence electrons. The molecule has 6 fully saturated rings. The Morgan fingerprint density at radius 1 is 0.559 bits per heavy atom. The first-order chi connectivity index (χ1) is 28.3. The van der Waals surface area contributed by atoms with Gasteiger partial charge in [-0.3, -0.25) is 4.79 Å². The zero-order chi connectivity index (χ0) is 40.4. The molecule has 0 aliphatic heterocycles. The third kappa shape index (κ3) is 11.0. The number of methoxy groups -OCH3 is 2. The Kier molecular flexibility index (Phi) is 16.8. The van der Waals surface area contributed by atoms with Crippen LogP contribution in [-0.2, 0) is 14.3 Å². The first kappa shape index (κ1) is 46.1. The highest BCUT2D eigenvalue weighted by Gasteiger charge is 2.54. The molecule has 3 aromatic carbocycles. The SMILES string of the molecule is CCCC1CCC(C2CC3(CC(=COC)C3)C2)CC1.CCCC1CCC(C2CC3(CC(=O)C3)C2)CC1.COC[P+](c1ccccc1)(c1ccccc1)c1ccccc1.[Cl-]. The number of hydrogen-bond donors (Lipinski definition) is 0. The molecule has 0 unspecified atom stereocenters. The number of ketones is 1. The Labute approximate surface area is 366 Å². The van der Waals surface area contributed by atoms with Crippen LogP contribution in [0.1, 0.15) is 142 Å². The molecule has 0 N–H and O–H groups in total. The predicted octanol–water partition coefficient (Wildman–Crippen LogP) is 10.3. The molecular formula is C54H76ClO3P. The number of allylic oxidation sites excluding steroid dienone is 1. The van der Waals surface area contributed by atoms with Crippen molar-refractivity contribution in [3.63, 3.8) is 0 Å². The Hall–Kier alpha value is -2.45. The maximum absolute atomic E-state index is 11.1. The van der Waals surface area contributed by atoms with Crippen LogP contribution in [0.2, 0.25) is 0 Å². The molecule has 0 radical (unpaired) electrons. The first-order valence-corrected chi connectivity index (χ1v) is 25.6. The van der Waals surface area contributed by atoms with Gasteiger partial charge in [0.1, 0.15) is 29.0 Å². The zero-order valence-corrected chi connectivity index (χ0v) is 38.8. The van der Waals surface area contributed by atoms with Crippen molar-refractivity contribution in [2.24, 2.45) is 46.3 Å². The summed E-state index contributed by atoms with van der Waals surface area (Å²) in [5, 5.41) is 4.07. The van der Waals surface area contributed by atoms with E-state index in [0.717, 1.165) is 53.8 Å². The smallest absolute Gasteiger partial charge is 0.170 e. The Morgan fingerprint density at radius 2 is 0.932 bits per heavy atom. The van der Waals surface area contributed by atoms with Crippen molar-refractivity contribution in [2.75, 3.05) is 20.6 Å². The van der Waals surface area contributed by atoms with E-state index in [2.05, 4.69) is 105 Å². The number of Topliss-reactive ketones (excluding diaryl/α,β-unsaturated/α-hetero) is 1. The van der Waals surface area contributed by atoms with Gasteiger partial charge < -0.3 is 21.9 Å². The van der Waals surface area contributed by atoms with Crippen LogP contribution in [0, 0.1) is 46.3 Å². The number of carbonyl (C=O) groups excluding carboxylic acids is 1. The van der Waals surface area contributed by atoms with Gasteiger partial charge in [0, 0.05) is 20.0 Å². The predicted molar refractivity (Wildman–Crippen MR) is 247 cm³/mol. The second kappa shape index (κ2) is 21.6. The molecule has 0 aromatic heterocycles. The lowest BCUT2D eigenvalue weighted by Gasteiger charge is -2.58. The molecular weight excluding hydrogens is 763 g/mol. The summed E-state index contributed by atoms with van der Waals surface area (Å²) in [5.41, 5.74) is 2.81. The van der Waals surface area contributed by atoms with Crippen molar-refractivity contribution in [1.29, 1.82) is 0 Å². The van der Waals surface area contributed by atoms with Crippen molar-refractivity contribution >= 4 is 29.0 Å². The first-order valence-electron chi connectivity index (χ1n) is 23.6. The second-order valence-corrected chi connectivity index (χ2v) is 23.4. The van der Waals surface area contributed by atoms with E-state index in [1.807, 2.05) is 6.26 Å². The third-order valence-electron chi connectivity index (χ3n) is 15.8. The fraction of sp³-hybridized carbons (Fsp3) is 0.611. The third-order valence-corrected chi connectivity index (χ3v) is 20.0. The van der Waals surface area contributed by atoms with E-state index < -0.39 is 7.26 Å². The molecule has 59 heavy (non-hydrogen) atoms. The monoisotopic (exact) mass is 839 g/mol. The summed E-state index contributed by atoms with van der Waals surface area (Å²) >= 11 is 0.